The maximum absolute atomic E-state index is 12.9. The van der Waals surface area contributed by atoms with Crippen molar-refractivity contribution in [1.82, 2.24) is 19.4 Å². The van der Waals surface area contributed by atoms with E-state index in [1.54, 1.807) is 6.20 Å². The molecule has 0 N–H and O–H groups in total. The fourth-order valence-electron chi connectivity index (χ4n) is 3.75. The summed E-state index contributed by atoms with van der Waals surface area (Å²) in [5.74, 6) is 1.44. The molecule has 1 atom stereocenters. The summed E-state index contributed by atoms with van der Waals surface area (Å²) in [7, 11) is 0. The summed E-state index contributed by atoms with van der Waals surface area (Å²) >= 11 is 0. The van der Waals surface area contributed by atoms with Crippen LogP contribution in [0.1, 0.15) is 46.1 Å². The van der Waals surface area contributed by atoms with Crippen molar-refractivity contribution in [2.24, 2.45) is 0 Å². The largest absolute Gasteiger partial charge is 0.338 e. The number of aryl methyl sites for hydroxylation is 1. The highest BCUT2D eigenvalue weighted by Gasteiger charge is 2.28. The van der Waals surface area contributed by atoms with Gasteiger partial charge in [-0.25, -0.2) is 4.98 Å². The molecular formula is C22H24N4O. The van der Waals surface area contributed by atoms with Crippen LogP contribution in [0.5, 0.6) is 0 Å². The van der Waals surface area contributed by atoms with Crippen LogP contribution in [0.15, 0.2) is 61.2 Å². The molecule has 3 heterocycles. The summed E-state index contributed by atoms with van der Waals surface area (Å²) in [4.78, 5) is 23.7. The molecule has 5 nitrogen and oxygen atoms in total. The lowest BCUT2D eigenvalue weighted by atomic mass is 9.96. The van der Waals surface area contributed by atoms with Gasteiger partial charge in [-0.15, -0.1) is 0 Å². The van der Waals surface area contributed by atoms with Gasteiger partial charge in [0.25, 0.3) is 5.91 Å². The van der Waals surface area contributed by atoms with E-state index >= 15 is 0 Å². The van der Waals surface area contributed by atoms with E-state index in [9.17, 15) is 4.79 Å². The van der Waals surface area contributed by atoms with Crippen molar-refractivity contribution in [3.63, 3.8) is 0 Å². The van der Waals surface area contributed by atoms with Gasteiger partial charge in [0.05, 0.1) is 6.54 Å². The molecule has 1 aromatic carbocycles. The lowest BCUT2D eigenvalue weighted by molar-refractivity contribution is 0.0703. The summed E-state index contributed by atoms with van der Waals surface area (Å²) in [6, 6.07) is 11.9. The van der Waals surface area contributed by atoms with Gasteiger partial charge < -0.3 is 9.47 Å². The highest BCUT2D eigenvalue weighted by Crippen LogP contribution is 2.27. The summed E-state index contributed by atoms with van der Waals surface area (Å²) in [6.45, 7) is 4.32. The number of carbonyl (C=O) groups is 1. The zero-order valence-electron chi connectivity index (χ0n) is 15.6. The highest BCUT2D eigenvalue weighted by molar-refractivity contribution is 5.94. The van der Waals surface area contributed by atoms with E-state index in [-0.39, 0.29) is 11.8 Å². The molecule has 5 heteroatoms. The maximum Gasteiger partial charge on any atom is 0.253 e. The quantitative estimate of drug-likeness (QED) is 0.713. The summed E-state index contributed by atoms with van der Waals surface area (Å²) in [5, 5.41) is 0. The van der Waals surface area contributed by atoms with E-state index in [1.165, 1.54) is 5.56 Å². The van der Waals surface area contributed by atoms with Gasteiger partial charge >= 0.3 is 0 Å². The van der Waals surface area contributed by atoms with Crippen molar-refractivity contribution in [2.45, 2.75) is 32.2 Å². The van der Waals surface area contributed by atoms with Gasteiger partial charge in [0.2, 0.25) is 0 Å². The molecule has 0 spiro atoms. The Morgan fingerprint density at radius 3 is 2.81 bits per heavy atom. The van der Waals surface area contributed by atoms with Crippen molar-refractivity contribution >= 4 is 5.91 Å². The number of pyridine rings is 1. The molecule has 3 aromatic rings. The van der Waals surface area contributed by atoms with Crippen molar-refractivity contribution in [2.75, 3.05) is 13.1 Å². The molecule has 1 fully saturated rings. The fraction of sp³-hybridized carbons (Fsp3) is 0.318. The summed E-state index contributed by atoms with van der Waals surface area (Å²) < 4.78 is 2.18. The molecule has 138 valence electrons. The Hall–Kier alpha value is -2.95. The Morgan fingerprint density at radius 1 is 1.19 bits per heavy atom. The van der Waals surface area contributed by atoms with E-state index in [1.807, 2.05) is 60.7 Å². The number of hydrogen-bond acceptors (Lipinski definition) is 3. The zero-order chi connectivity index (χ0) is 18.6. The average molecular weight is 360 g/mol. The predicted molar refractivity (Wildman–Crippen MR) is 105 cm³/mol. The maximum atomic E-state index is 12.9. The van der Waals surface area contributed by atoms with E-state index in [0.29, 0.717) is 0 Å². The second kappa shape index (κ2) is 7.74. The van der Waals surface area contributed by atoms with E-state index < -0.39 is 0 Å². The number of nitrogens with zero attached hydrogens (tertiary/aromatic N) is 4. The van der Waals surface area contributed by atoms with Crippen LogP contribution in [0.2, 0.25) is 0 Å². The van der Waals surface area contributed by atoms with Crippen molar-refractivity contribution in [3.8, 4) is 0 Å². The van der Waals surface area contributed by atoms with Gasteiger partial charge in [0, 0.05) is 49.4 Å². The number of carbonyl (C=O) groups excluding carboxylic acids is 1. The molecule has 0 saturated carbocycles. The van der Waals surface area contributed by atoms with Gasteiger partial charge in [0.1, 0.15) is 5.82 Å². The second-order valence-electron chi connectivity index (χ2n) is 7.23. The average Bonchev–Trinajstić information content (AvgIpc) is 3.17. The highest BCUT2D eigenvalue weighted by atomic mass is 16.2. The third kappa shape index (κ3) is 3.92. The molecule has 1 unspecified atom stereocenters. The van der Waals surface area contributed by atoms with Crippen molar-refractivity contribution in [3.05, 3.63) is 83.7 Å². The van der Waals surface area contributed by atoms with Gasteiger partial charge in [-0.3, -0.25) is 9.78 Å². The zero-order valence-corrected chi connectivity index (χ0v) is 15.6. The predicted octanol–water partition coefficient (Wildman–Crippen LogP) is 3.65. The number of aromatic nitrogens is 3. The monoisotopic (exact) mass is 360 g/mol. The van der Waals surface area contributed by atoms with E-state index in [2.05, 4.69) is 20.6 Å². The topological polar surface area (TPSA) is 51.0 Å². The van der Waals surface area contributed by atoms with Gasteiger partial charge in [-0.1, -0.05) is 23.8 Å². The van der Waals surface area contributed by atoms with E-state index in [4.69, 9.17) is 0 Å². The van der Waals surface area contributed by atoms with Crippen LogP contribution in [-0.2, 0) is 6.54 Å². The molecule has 27 heavy (non-hydrogen) atoms. The molecule has 1 aliphatic rings. The first kappa shape index (κ1) is 17.5. The Labute approximate surface area is 159 Å². The number of piperidine rings is 1. The number of likely N-dealkylation sites (tertiary alicyclic amines) is 1. The minimum absolute atomic E-state index is 0.116. The summed E-state index contributed by atoms with van der Waals surface area (Å²) in [5.41, 5.74) is 3.08. The Kier molecular flexibility index (Phi) is 5.01. The first-order valence-electron chi connectivity index (χ1n) is 9.46. The molecule has 2 aromatic heterocycles. The second-order valence-corrected chi connectivity index (χ2v) is 7.23. The number of hydrogen-bond donors (Lipinski definition) is 0. The number of benzene rings is 1. The van der Waals surface area contributed by atoms with Crippen molar-refractivity contribution in [1.29, 1.82) is 0 Å². The number of amides is 1. The van der Waals surface area contributed by atoms with Gasteiger partial charge in [-0.2, -0.15) is 0 Å². The Morgan fingerprint density at radius 2 is 2.04 bits per heavy atom. The minimum atomic E-state index is 0.116. The van der Waals surface area contributed by atoms with Crippen LogP contribution < -0.4 is 0 Å². The fourth-order valence-corrected chi connectivity index (χ4v) is 3.75. The van der Waals surface area contributed by atoms with Crippen LogP contribution in [0.4, 0.5) is 0 Å². The Balaban J connectivity index is 1.50. The molecule has 1 aliphatic heterocycles. The number of imidazole rings is 1. The SMILES string of the molecule is Cc1ccc(C(=O)N2CCCC(c3nccn3Cc3cccnc3)C2)cc1. The molecule has 1 saturated heterocycles. The van der Waals surface area contributed by atoms with E-state index in [0.717, 1.165) is 49.4 Å². The lowest BCUT2D eigenvalue weighted by Crippen LogP contribution is -2.39. The molecule has 1 amide bonds. The molecule has 0 radical (unpaired) electrons. The van der Waals surface area contributed by atoms with Crippen molar-refractivity contribution < 1.29 is 4.79 Å². The first-order chi connectivity index (χ1) is 13.2. The van der Waals surface area contributed by atoms with Gasteiger partial charge in [-0.05, 0) is 43.5 Å². The molecule has 0 aliphatic carbocycles. The van der Waals surface area contributed by atoms with Crippen LogP contribution in [0.3, 0.4) is 0 Å². The smallest absolute Gasteiger partial charge is 0.253 e. The summed E-state index contributed by atoms with van der Waals surface area (Å²) in [6.07, 6.45) is 9.60. The minimum Gasteiger partial charge on any atom is -0.338 e. The van der Waals surface area contributed by atoms with Crippen LogP contribution in [0, 0.1) is 6.92 Å². The lowest BCUT2D eigenvalue weighted by Gasteiger charge is -2.33. The molecular weight excluding hydrogens is 336 g/mol. The third-order valence-electron chi connectivity index (χ3n) is 5.20. The van der Waals surface area contributed by atoms with Crippen LogP contribution in [-0.4, -0.2) is 38.4 Å². The van der Waals surface area contributed by atoms with Gasteiger partial charge in [0.15, 0.2) is 0 Å². The normalized spacial score (nSPS) is 17.1. The molecule has 0 bridgehead atoms. The Bertz CT molecular complexity index is 902. The standard InChI is InChI=1S/C22H24N4O/c1-17-6-8-19(9-7-17)22(27)26-12-3-5-20(16-26)21-24-11-13-25(21)15-18-4-2-10-23-14-18/h2,4,6-11,13-14,20H,3,5,12,15-16H2,1H3. The van der Waals surface area contributed by atoms with Crippen LogP contribution >= 0.6 is 0 Å². The molecule has 4 rings (SSSR count). The van der Waals surface area contributed by atoms with Crippen LogP contribution in [0.25, 0.3) is 0 Å². The first-order valence-corrected chi connectivity index (χ1v) is 9.46. The number of rotatable bonds is 4. The third-order valence-corrected chi connectivity index (χ3v) is 5.20.